The van der Waals surface area contributed by atoms with Gasteiger partial charge < -0.3 is 24.6 Å². The zero-order chi connectivity index (χ0) is 20.7. The van der Waals surface area contributed by atoms with E-state index in [-0.39, 0.29) is 29.7 Å². The SMILES string of the molecule is COCCOC12CCC(c3ccc(OC/C(=C\F)CNC(=O)O)cc3)(CC1)CC2. The van der Waals surface area contributed by atoms with Crippen LogP contribution in [0.5, 0.6) is 5.75 Å². The summed E-state index contributed by atoms with van der Waals surface area (Å²) in [6, 6.07) is 8.04. The molecule has 6 nitrogen and oxygen atoms in total. The number of hydrogen-bond donors (Lipinski definition) is 2. The van der Waals surface area contributed by atoms with Crippen molar-refractivity contribution in [3.8, 4) is 5.75 Å². The number of nitrogens with one attached hydrogen (secondary N) is 1. The average Bonchev–Trinajstić information content (AvgIpc) is 2.75. The lowest BCUT2D eigenvalue weighted by atomic mass is 9.56. The van der Waals surface area contributed by atoms with Crippen LogP contribution in [0.15, 0.2) is 36.2 Å². The molecule has 3 fully saturated rings. The molecule has 0 aromatic heterocycles. The second kappa shape index (κ2) is 9.59. The van der Waals surface area contributed by atoms with Crippen molar-refractivity contribution in [3.63, 3.8) is 0 Å². The molecule has 4 rings (SSSR count). The van der Waals surface area contributed by atoms with Crippen molar-refractivity contribution >= 4 is 6.09 Å². The second-order valence-corrected chi connectivity index (χ2v) is 8.04. The third-order valence-electron chi connectivity index (χ3n) is 6.39. The largest absolute Gasteiger partial charge is 0.489 e. The summed E-state index contributed by atoms with van der Waals surface area (Å²) in [5, 5.41) is 10.7. The van der Waals surface area contributed by atoms with Gasteiger partial charge in [0.1, 0.15) is 12.4 Å². The summed E-state index contributed by atoms with van der Waals surface area (Å²) in [6.45, 7) is 1.21. The van der Waals surface area contributed by atoms with E-state index >= 15 is 0 Å². The summed E-state index contributed by atoms with van der Waals surface area (Å²) in [5.41, 5.74) is 1.80. The minimum atomic E-state index is -1.19. The molecule has 0 heterocycles. The van der Waals surface area contributed by atoms with Gasteiger partial charge in [0.2, 0.25) is 0 Å². The van der Waals surface area contributed by atoms with Crippen molar-refractivity contribution in [2.45, 2.75) is 49.5 Å². The van der Waals surface area contributed by atoms with Crippen molar-refractivity contribution < 1.29 is 28.5 Å². The second-order valence-electron chi connectivity index (χ2n) is 8.04. The van der Waals surface area contributed by atoms with E-state index in [2.05, 4.69) is 17.4 Å². The van der Waals surface area contributed by atoms with Crippen LogP contribution in [0.25, 0.3) is 0 Å². The van der Waals surface area contributed by atoms with Crippen LogP contribution in [0.1, 0.15) is 44.1 Å². The fraction of sp³-hybridized carbons (Fsp3) is 0.591. The molecule has 7 heteroatoms. The smallest absolute Gasteiger partial charge is 0.404 e. The lowest BCUT2D eigenvalue weighted by Crippen LogP contribution is -2.50. The Kier molecular flexibility index (Phi) is 7.14. The molecule has 3 aliphatic carbocycles. The van der Waals surface area contributed by atoms with Crippen LogP contribution >= 0.6 is 0 Å². The van der Waals surface area contributed by atoms with E-state index in [1.54, 1.807) is 7.11 Å². The van der Waals surface area contributed by atoms with Crippen LogP contribution in [-0.4, -0.2) is 50.3 Å². The Hall–Kier alpha value is -2.12. The van der Waals surface area contributed by atoms with Gasteiger partial charge in [-0.3, -0.25) is 0 Å². The zero-order valence-electron chi connectivity index (χ0n) is 16.9. The summed E-state index contributed by atoms with van der Waals surface area (Å²) in [7, 11) is 1.70. The minimum Gasteiger partial charge on any atom is -0.489 e. The Morgan fingerprint density at radius 1 is 1.14 bits per heavy atom. The Bertz CT molecular complexity index is 694. The summed E-state index contributed by atoms with van der Waals surface area (Å²) in [4.78, 5) is 10.5. The van der Waals surface area contributed by atoms with E-state index in [1.807, 2.05) is 12.1 Å². The lowest BCUT2D eigenvalue weighted by molar-refractivity contribution is -0.127. The maximum absolute atomic E-state index is 12.9. The molecule has 0 spiro atoms. The van der Waals surface area contributed by atoms with Gasteiger partial charge in [0.15, 0.2) is 0 Å². The fourth-order valence-electron chi connectivity index (χ4n) is 4.53. The van der Waals surface area contributed by atoms with Crippen molar-refractivity contribution in [1.29, 1.82) is 0 Å². The quantitative estimate of drug-likeness (QED) is 0.569. The van der Waals surface area contributed by atoms with Gasteiger partial charge in [-0.05, 0) is 61.6 Å². The van der Waals surface area contributed by atoms with Gasteiger partial charge in [-0.15, -0.1) is 0 Å². The first kappa shape index (κ1) is 21.6. The molecule has 2 bridgehead atoms. The van der Waals surface area contributed by atoms with E-state index in [1.165, 1.54) is 5.56 Å². The maximum Gasteiger partial charge on any atom is 0.404 e. The Labute approximate surface area is 171 Å². The Morgan fingerprint density at radius 2 is 1.79 bits per heavy atom. The number of carboxylic acid groups (broad SMARTS) is 1. The van der Waals surface area contributed by atoms with Gasteiger partial charge in [-0.2, -0.15) is 0 Å². The highest BCUT2D eigenvalue weighted by atomic mass is 19.1. The highest BCUT2D eigenvalue weighted by Crippen LogP contribution is 2.55. The third kappa shape index (κ3) is 5.28. The molecule has 0 saturated heterocycles. The maximum atomic E-state index is 12.9. The van der Waals surface area contributed by atoms with Gasteiger partial charge in [-0.1, -0.05) is 12.1 Å². The Balaban J connectivity index is 1.54. The molecule has 1 aromatic rings. The van der Waals surface area contributed by atoms with Crippen LogP contribution in [-0.2, 0) is 14.9 Å². The standard InChI is InChI=1S/C22H30FNO5/c1-27-12-13-29-22-9-6-21(7-10-22,8-11-22)18-2-4-19(5-3-18)28-16-17(14-23)15-24-20(25)26/h2-5,14,24H,6-13,15-16H2,1H3,(H,25,26)/b17-14-. The summed E-state index contributed by atoms with van der Waals surface area (Å²) in [6.07, 6.45) is 5.79. The van der Waals surface area contributed by atoms with Crippen LogP contribution in [0.2, 0.25) is 0 Å². The molecule has 2 N–H and O–H groups in total. The van der Waals surface area contributed by atoms with Crippen molar-refractivity contribution in [3.05, 3.63) is 41.7 Å². The zero-order valence-corrected chi connectivity index (χ0v) is 16.9. The van der Waals surface area contributed by atoms with Gasteiger partial charge in [0, 0.05) is 19.2 Å². The number of fused-ring (bicyclic) bond motifs is 3. The summed E-state index contributed by atoms with van der Waals surface area (Å²) >= 11 is 0. The number of hydrogen-bond acceptors (Lipinski definition) is 4. The van der Waals surface area contributed by atoms with Crippen molar-refractivity contribution in [2.75, 3.05) is 33.5 Å². The third-order valence-corrected chi connectivity index (χ3v) is 6.39. The normalized spacial score (nSPS) is 26.3. The number of rotatable bonds is 10. The number of benzene rings is 1. The molecule has 0 unspecified atom stereocenters. The minimum absolute atomic E-state index is 0.00258. The molecule has 1 amide bonds. The fourth-order valence-corrected chi connectivity index (χ4v) is 4.53. The van der Waals surface area contributed by atoms with E-state index in [4.69, 9.17) is 19.3 Å². The molecule has 29 heavy (non-hydrogen) atoms. The first-order chi connectivity index (χ1) is 14.0. The van der Waals surface area contributed by atoms with Gasteiger partial charge in [-0.25, -0.2) is 9.18 Å². The predicted octanol–water partition coefficient (Wildman–Crippen LogP) is 4.19. The van der Waals surface area contributed by atoms with Crippen molar-refractivity contribution in [1.82, 2.24) is 5.32 Å². The summed E-state index contributed by atoms with van der Waals surface area (Å²) < 4.78 is 29.7. The van der Waals surface area contributed by atoms with E-state index in [0.717, 1.165) is 38.5 Å². The Morgan fingerprint density at radius 3 is 2.34 bits per heavy atom. The molecule has 1 aromatic carbocycles. The number of amides is 1. The van der Waals surface area contributed by atoms with Crippen LogP contribution in [0, 0.1) is 0 Å². The molecule has 3 aliphatic rings. The molecule has 160 valence electrons. The van der Waals surface area contributed by atoms with E-state index < -0.39 is 6.09 Å². The lowest BCUT2D eigenvalue weighted by Gasteiger charge is -2.53. The highest BCUT2D eigenvalue weighted by Gasteiger charge is 2.49. The first-order valence-corrected chi connectivity index (χ1v) is 10.1. The van der Waals surface area contributed by atoms with Crippen LogP contribution in [0.4, 0.5) is 9.18 Å². The summed E-state index contributed by atoms with van der Waals surface area (Å²) in [5.74, 6) is 0.642. The first-order valence-electron chi connectivity index (χ1n) is 10.1. The molecule has 0 radical (unpaired) electrons. The van der Waals surface area contributed by atoms with Crippen molar-refractivity contribution in [2.24, 2.45) is 0 Å². The van der Waals surface area contributed by atoms with E-state index in [9.17, 15) is 9.18 Å². The van der Waals surface area contributed by atoms with Crippen LogP contribution in [0.3, 0.4) is 0 Å². The predicted molar refractivity (Wildman–Crippen MR) is 107 cm³/mol. The molecular formula is C22H30FNO5. The number of carbonyl (C=O) groups is 1. The van der Waals surface area contributed by atoms with E-state index in [0.29, 0.717) is 25.3 Å². The number of halogens is 1. The molecular weight excluding hydrogens is 377 g/mol. The molecule has 3 saturated carbocycles. The van der Waals surface area contributed by atoms with Crippen LogP contribution < -0.4 is 10.1 Å². The molecule has 0 aliphatic heterocycles. The topological polar surface area (TPSA) is 77.0 Å². The molecule has 0 atom stereocenters. The average molecular weight is 407 g/mol. The number of ether oxygens (including phenoxy) is 3. The number of methoxy groups -OCH3 is 1. The highest BCUT2D eigenvalue weighted by molar-refractivity contribution is 5.64. The van der Waals surface area contributed by atoms with Gasteiger partial charge in [0.05, 0.1) is 25.1 Å². The monoisotopic (exact) mass is 407 g/mol. The van der Waals surface area contributed by atoms with Gasteiger partial charge in [0.25, 0.3) is 0 Å². The van der Waals surface area contributed by atoms with Gasteiger partial charge >= 0.3 is 6.09 Å².